The molecule has 32 heavy (non-hydrogen) atoms. The SMILES string of the molecule is C=C1NC(=O)NC(C(=O)NC2CCC(CC(=O)c3ccc(OCCOC)cc3)CC2)=C1N. The van der Waals surface area contributed by atoms with E-state index in [1.165, 1.54) is 0 Å². The highest BCUT2D eigenvalue weighted by molar-refractivity contribution is 6.00. The molecule has 0 radical (unpaired) electrons. The van der Waals surface area contributed by atoms with E-state index in [9.17, 15) is 14.4 Å². The first-order valence-corrected chi connectivity index (χ1v) is 10.7. The third kappa shape index (κ3) is 6.10. The summed E-state index contributed by atoms with van der Waals surface area (Å²) in [5, 5.41) is 7.77. The van der Waals surface area contributed by atoms with E-state index in [0.717, 1.165) is 25.7 Å². The van der Waals surface area contributed by atoms with Crippen molar-refractivity contribution < 1.29 is 23.9 Å². The zero-order valence-electron chi connectivity index (χ0n) is 18.2. The number of hydrogen-bond donors (Lipinski definition) is 4. The number of rotatable bonds is 9. The highest BCUT2D eigenvalue weighted by Gasteiger charge is 2.28. The van der Waals surface area contributed by atoms with E-state index < -0.39 is 11.9 Å². The van der Waals surface area contributed by atoms with Gasteiger partial charge in [0.2, 0.25) is 0 Å². The average Bonchev–Trinajstić information content (AvgIpc) is 2.78. The molecule has 1 heterocycles. The Kier molecular flexibility index (Phi) is 7.88. The van der Waals surface area contributed by atoms with Gasteiger partial charge in [-0.1, -0.05) is 6.58 Å². The maximum absolute atomic E-state index is 12.6. The number of ketones is 1. The minimum atomic E-state index is -0.536. The first kappa shape index (κ1) is 23.3. The van der Waals surface area contributed by atoms with E-state index >= 15 is 0 Å². The Balaban J connectivity index is 1.45. The third-order valence-electron chi connectivity index (χ3n) is 5.71. The molecule has 0 spiro atoms. The van der Waals surface area contributed by atoms with Gasteiger partial charge in [-0.3, -0.25) is 9.59 Å². The molecule has 1 fully saturated rings. The summed E-state index contributed by atoms with van der Waals surface area (Å²) >= 11 is 0. The van der Waals surface area contributed by atoms with Crippen LogP contribution in [0, 0.1) is 5.92 Å². The van der Waals surface area contributed by atoms with Crippen molar-refractivity contribution >= 4 is 17.7 Å². The summed E-state index contributed by atoms with van der Waals surface area (Å²) in [7, 11) is 1.62. The van der Waals surface area contributed by atoms with E-state index in [1.54, 1.807) is 31.4 Å². The molecule has 0 bridgehead atoms. The van der Waals surface area contributed by atoms with Crippen LogP contribution in [-0.4, -0.2) is 44.1 Å². The molecule has 9 heteroatoms. The maximum atomic E-state index is 12.6. The predicted molar refractivity (Wildman–Crippen MR) is 119 cm³/mol. The molecule has 1 aromatic rings. The van der Waals surface area contributed by atoms with Crippen molar-refractivity contribution in [2.75, 3.05) is 20.3 Å². The van der Waals surface area contributed by atoms with Gasteiger partial charge in [0.05, 0.1) is 18.0 Å². The van der Waals surface area contributed by atoms with Crippen molar-refractivity contribution in [3.05, 3.63) is 53.5 Å². The van der Waals surface area contributed by atoms with Gasteiger partial charge in [-0.25, -0.2) is 4.79 Å². The van der Waals surface area contributed by atoms with Gasteiger partial charge in [0.15, 0.2) is 5.78 Å². The lowest BCUT2D eigenvalue weighted by molar-refractivity contribution is -0.118. The van der Waals surface area contributed by atoms with Crippen LogP contribution in [0.5, 0.6) is 5.75 Å². The standard InChI is InChI=1S/C23H30N4O5/c1-14-20(24)21(27-23(30)25-14)22(29)26-17-7-3-15(4-8-17)13-19(28)16-5-9-18(10-6-16)32-12-11-31-2/h5-6,9-10,15,17H,1,3-4,7-8,11-13,24H2,2H3,(H,26,29)(H2,25,27,30). The maximum Gasteiger partial charge on any atom is 0.323 e. The molecule has 2 aliphatic rings. The Morgan fingerprint density at radius 1 is 1.12 bits per heavy atom. The molecule has 1 aromatic carbocycles. The Labute approximate surface area is 187 Å². The summed E-state index contributed by atoms with van der Waals surface area (Å²) in [5.41, 5.74) is 6.87. The van der Waals surface area contributed by atoms with Gasteiger partial charge in [0.1, 0.15) is 18.1 Å². The molecule has 1 aliphatic carbocycles. The summed E-state index contributed by atoms with van der Waals surface area (Å²) in [6.07, 6.45) is 3.67. The first-order chi connectivity index (χ1) is 15.4. The number of nitrogens with two attached hydrogens (primary N) is 1. The van der Waals surface area contributed by atoms with Crippen LogP contribution in [0.1, 0.15) is 42.5 Å². The lowest BCUT2D eigenvalue weighted by Crippen LogP contribution is -2.49. The van der Waals surface area contributed by atoms with Crippen molar-refractivity contribution in [3.8, 4) is 5.75 Å². The van der Waals surface area contributed by atoms with E-state index in [2.05, 4.69) is 22.5 Å². The molecule has 3 amide bonds. The van der Waals surface area contributed by atoms with Crippen LogP contribution in [0.4, 0.5) is 4.79 Å². The highest BCUT2D eigenvalue weighted by atomic mass is 16.5. The number of amides is 3. The zero-order valence-corrected chi connectivity index (χ0v) is 18.2. The zero-order chi connectivity index (χ0) is 23.1. The Morgan fingerprint density at radius 2 is 1.81 bits per heavy atom. The van der Waals surface area contributed by atoms with E-state index in [-0.39, 0.29) is 34.8 Å². The number of carbonyl (C=O) groups is 3. The highest BCUT2D eigenvalue weighted by Crippen LogP contribution is 2.28. The summed E-state index contributed by atoms with van der Waals surface area (Å²) in [6, 6.07) is 6.60. The normalized spacial score (nSPS) is 20.9. The number of urea groups is 1. The van der Waals surface area contributed by atoms with Crippen LogP contribution >= 0.6 is 0 Å². The summed E-state index contributed by atoms with van der Waals surface area (Å²) < 4.78 is 10.5. The summed E-state index contributed by atoms with van der Waals surface area (Å²) in [4.78, 5) is 36.7. The molecule has 0 unspecified atom stereocenters. The fraction of sp³-hybridized carbons (Fsp3) is 0.435. The summed E-state index contributed by atoms with van der Waals surface area (Å²) in [6.45, 7) is 4.60. The number of ether oxygens (including phenoxy) is 2. The van der Waals surface area contributed by atoms with Crippen LogP contribution < -0.4 is 26.4 Å². The Morgan fingerprint density at radius 3 is 2.47 bits per heavy atom. The molecule has 0 saturated heterocycles. The molecule has 5 N–H and O–H groups in total. The van der Waals surface area contributed by atoms with Crippen LogP contribution in [0.3, 0.4) is 0 Å². The minimum Gasteiger partial charge on any atom is -0.491 e. The minimum absolute atomic E-state index is 0.0192. The lowest BCUT2D eigenvalue weighted by atomic mass is 9.82. The Bertz CT molecular complexity index is 901. The van der Waals surface area contributed by atoms with Gasteiger partial charge in [-0.05, 0) is 55.9 Å². The van der Waals surface area contributed by atoms with Crippen molar-refractivity contribution in [1.29, 1.82) is 0 Å². The number of nitrogens with one attached hydrogen (secondary N) is 3. The predicted octanol–water partition coefficient (Wildman–Crippen LogP) is 1.96. The fourth-order valence-electron chi connectivity index (χ4n) is 3.87. The van der Waals surface area contributed by atoms with Crippen LogP contribution in [-0.2, 0) is 9.53 Å². The van der Waals surface area contributed by atoms with Gasteiger partial charge in [0, 0.05) is 25.1 Å². The Hall–Kier alpha value is -3.33. The number of methoxy groups -OCH3 is 1. The second kappa shape index (κ2) is 10.8. The number of hydrogen-bond acceptors (Lipinski definition) is 6. The smallest absolute Gasteiger partial charge is 0.323 e. The molecule has 1 saturated carbocycles. The molecule has 9 nitrogen and oxygen atoms in total. The molecule has 0 atom stereocenters. The molecule has 172 valence electrons. The van der Waals surface area contributed by atoms with Crippen LogP contribution in [0.15, 0.2) is 47.9 Å². The van der Waals surface area contributed by atoms with Crippen molar-refractivity contribution in [2.24, 2.45) is 11.7 Å². The monoisotopic (exact) mass is 442 g/mol. The molecule has 1 aliphatic heterocycles. The van der Waals surface area contributed by atoms with Gasteiger partial charge >= 0.3 is 6.03 Å². The van der Waals surface area contributed by atoms with Crippen molar-refractivity contribution in [3.63, 3.8) is 0 Å². The van der Waals surface area contributed by atoms with E-state index in [0.29, 0.717) is 30.9 Å². The topological polar surface area (TPSA) is 132 Å². The van der Waals surface area contributed by atoms with Gasteiger partial charge < -0.3 is 31.2 Å². The second-order valence-electron chi connectivity index (χ2n) is 8.03. The van der Waals surface area contributed by atoms with Crippen molar-refractivity contribution in [2.45, 2.75) is 38.1 Å². The molecule has 3 rings (SSSR count). The number of benzene rings is 1. The van der Waals surface area contributed by atoms with Gasteiger partial charge in [-0.15, -0.1) is 0 Å². The third-order valence-corrected chi connectivity index (χ3v) is 5.71. The summed E-state index contributed by atoms with van der Waals surface area (Å²) in [5.74, 6) is 0.663. The number of Topliss-reactive ketones (excluding diaryl/α,β-unsaturated/α-hetero) is 1. The quantitative estimate of drug-likeness (QED) is 0.341. The lowest BCUT2D eigenvalue weighted by Gasteiger charge is -2.30. The molecule has 0 aromatic heterocycles. The second-order valence-corrected chi connectivity index (χ2v) is 8.03. The first-order valence-electron chi connectivity index (χ1n) is 10.7. The van der Waals surface area contributed by atoms with Gasteiger partial charge in [-0.2, -0.15) is 0 Å². The molecular formula is C23H30N4O5. The van der Waals surface area contributed by atoms with Crippen LogP contribution in [0.25, 0.3) is 0 Å². The average molecular weight is 443 g/mol. The fourth-order valence-corrected chi connectivity index (χ4v) is 3.87. The van der Waals surface area contributed by atoms with E-state index in [1.807, 2.05) is 0 Å². The number of carbonyl (C=O) groups excluding carboxylic acids is 3. The van der Waals surface area contributed by atoms with Gasteiger partial charge in [0.25, 0.3) is 5.91 Å². The van der Waals surface area contributed by atoms with Crippen LogP contribution in [0.2, 0.25) is 0 Å². The van der Waals surface area contributed by atoms with E-state index in [4.69, 9.17) is 15.2 Å². The molecular weight excluding hydrogens is 412 g/mol. The largest absolute Gasteiger partial charge is 0.491 e. The van der Waals surface area contributed by atoms with Crippen molar-refractivity contribution in [1.82, 2.24) is 16.0 Å².